The summed E-state index contributed by atoms with van der Waals surface area (Å²) in [6.45, 7) is 13.2. The molecule has 2 amide bonds. The highest BCUT2D eigenvalue weighted by molar-refractivity contribution is 5.92. The Balaban J connectivity index is 1.86. The Hall–Kier alpha value is -2.04. The Morgan fingerprint density at radius 3 is 2.00 bits per heavy atom. The maximum absolute atomic E-state index is 12.5. The summed E-state index contributed by atoms with van der Waals surface area (Å²) in [7, 11) is 0. The van der Waals surface area contributed by atoms with E-state index in [-0.39, 0.29) is 23.3 Å². The van der Waals surface area contributed by atoms with Gasteiger partial charge in [-0.15, -0.1) is 0 Å². The summed E-state index contributed by atoms with van der Waals surface area (Å²) in [6.07, 6.45) is 1.02. The van der Waals surface area contributed by atoms with Crippen LogP contribution in [0.1, 0.15) is 59.9 Å². The number of nitrogens with one attached hydrogen (secondary N) is 1. The van der Waals surface area contributed by atoms with Gasteiger partial charge in [-0.3, -0.25) is 4.79 Å². The van der Waals surface area contributed by atoms with Crippen LogP contribution in [0.5, 0.6) is 0 Å². The molecule has 1 saturated heterocycles. The van der Waals surface area contributed by atoms with E-state index in [1.807, 2.05) is 32.9 Å². The van der Waals surface area contributed by atoms with Crippen LogP contribution in [0.4, 0.5) is 10.5 Å². The van der Waals surface area contributed by atoms with Crippen molar-refractivity contribution < 1.29 is 14.3 Å². The van der Waals surface area contributed by atoms with Gasteiger partial charge in [0.05, 0.1) is 0 Å². The number of nitrogens with zero attached hydrogens (tertiary/aromatic N) is 1. The highest BCUT2D eigenvalue weighted by Crippen LogP contribution is 2.25. The van der Waals surface area contributed by atoms with Gasteiger partial charge in [0.1, 0.15) is 5.60 Å². The molecule has 0 saturated carbocycles. The van der Waals surface area contributed by atoms with E-state index >= 15 is 0 Å². The van der Waals surface area contributed by atoms with Gasteiger partial charge in [-0.05, 0) is 56.7 Å². The maximum Gasteiger partial charge on any atom is 0.410 e. The van der Waals surface area contributed by atoms with E-state index in [9.17, 15) is 9.59 Å². The summed E-state index contributed by atoms with van der Waals surface area (Å²) < 4.78 is 5.39. The van der Waals surface area contributed by atoms with Crippen LogP contribution >= 0.6 is 0 Å². The van der Waals surface area contributed by atoms with Crippen LogP contribution in [0.25, 0.3) is 0 Å². The third-order valence-corrected chi connectivity index (χ3v) is 4.54. The second-order valence-corrected chi connectivity index (χ2v) is 9.06. The van der Waals surface area contributed by atoms with Crippen molar-refractivity contribution in [1.29, 1.82) is 0 Å². The van der Waals surface area contributed by atoms with E-state index in [2.05, 4.69) is 38.2 Å². The quantitative estimate of drug-likeness (QED) is 0.840. The van der Waals surface area contributed by atoms with Crippen molar-refractivity contribution in [3.63, 3.8) is 0 Å². The molecule has 0 radical (unpaired) electrons. The fourth-order valence-electron chi connectivity index (χ4n) is 2.95. The zero-order chi connectivity index (χ0) is 19.5. The van der Waals surface area contributed by atoms with E-state index in [1.165, 1.54) is 5.56 Å². The molecule has 0 unspecified atom stereocenters. The first-order valence-corrected chi connectivity index (χ1v) is 9.35. The number of rotatable bonds is 2. The Morgan fingerprint density at radius 1 is 1.00 bits per heavy atom. The summed E-state index contributed by atoms with van der Waals surface area (Å²) in [6, 6.07) is 8.02. The minimum Gasteiger partial charge on any atom is -0.444 e. The van der Waals surface area contributed by atoms with Crippen LogP contribution in [0, 0.1) is 5.92 Å². The molecule has 0 atom stereocenters. The monoisotopic (exact) mass is 360 g/mol. The number of benzene rings is 1. The normalized spacial score (nSPS) is 16.3. The predicted octanol–water partition coefficient (Wildman–Crippen LogP) is 4.57. The van der Waals surface area contributed by atoms with Gasteiger partial charge in [0.2, 0.25) is 5.91 Å². The number of carbonyl (C=O) groups excluding carboxylic acids is 2. The number of anilines is 1. The summed E-state index contributed by atoms with van der Waals surface area (Å²) in [5.74, 6) is -0.0478. The van der Waals surface area contributed by atoms with Crippen molar-refractivity contribution in [3.05, 3.63) is 29.8 Å². The second kappa shape index (κ2) is 7.68. The Labute approximate surface area is 157 Å². The Kier molecular flexibility index (Phi) is 5.99. The Bertz CT molecular complexity index is 631. The third-order valence-electron chi connectivity index (χ3n) is 4.54. The van der Waals surface area contributed by atoms with E-state index in [1.54, 1.807) is 4.90 Å². The average Bonchev–Trinajstić information content (AvgIpc) is 2.53. The molecule has 2 rings (SSSR count). The summed E-state index contributed by atoms with van der Waals surface area (Å²) in [5.41, 5.74) is 1.65. The lowest BCUT2D eigenvalue weighted by Gasteiger charge is -2.33. The molecule has 1 fully saturated rings. The molecule has 5 nitrogen and oxygen atoms in total. The molecule has 1 aromatic carbocycles. The summed E-state index contributed by atoms with van der Waals surface area (Å²) >= 11 is 0. The third kappa shape index (κ3) is 5.75. The molecule has 5 heteroatoms. The van der Waals surface area contributed by atoms with Gasteiger partial charge in [0.25, 0.3) is 0 Å². The van der Waals surface area contributed by atoms with Gasteiger partial charge >= 0.3 is 6.09 Å². The minimum absolute atomic E-state index is 0.0253. The lowest BCUT2D eigenvalue weighted by atomic mass is 9.87. The largest absolute Gasteiger partial charge is 0.444 e. The molecule has 0 aliphatic carbocycles. The molecule has 1 heterocycles. The van der Waals surface area contributed by atoms with E-state index < -0.39 is 5.60 Å². The Morgan fingerprint density at radius 2 is 1.54 bits per heavy atom. The first kappa shape index (κ1) is 20.3. The van der Waals surface area contributed by atoms with Crippen LogP contribution in [-0.2, 0) is 14.9 Å². The smallest absolute Gasteiger partial charge is 0.410 e. The molecule has 0 bridgehead atoms. The first-order chi connectivity index (χ1) is 12.0. The number of amides is 2. The molecular weight excluding hydrogens is 328 g/mol. The molecule has 144 valence electrons. The lowest BCUT2D eigenvalue weighted by molar-refractivity contribution is -0.121. The number of piperidine rings is 1. The molecule has 1 aromatic rings. The van der Waals surface area contributed by atoms with Gasteiger partial charge in [0, 0.05) is 24.7 Å². The average molecular weight is 360 g/mol. The summed E-state index contributed by atoms with van der Waals surface area (Å²) in [5, 5.41) is 3.00. The topological polar surface area (TPSA) is 58.6 Å². The first-order valence-electron chi connectivity index (χ1n) is 9.35. The van der Waals surface area contributed by atoms with Crippen molar-refractivity contribution >= 4 is 17.7 Å². The highest BCUT2D eigenvalue weighted by Gasteiger charge is 2.30. The number of hydrogen-bond donors (Lipinski definition) is 1. The van der Waals surface area contributed by atoms with Crippen molar-refractivity contribution in [2.75, 3.05) is 18.4 Å². The van der Waals surface area contributed by atoms with Crippen molar-refractivity contribution in [2.24, 2.45) is 5.92 Å². The maximum atomic E-state index is 12.5. The molecule has 1 aliphatic rings. The van der Waals surface area contributed by atoms with Gasteiger partial charge in [-0.1, -0.05) is 32.9 Å². The van der Waals surface area contributed by atoms with E-state index in [4.69, 9.17) is 4.74 Å². The number of hydrogen-bond acceptors (Lipinski definition) is 3. The fourth-order valence-corrected chi connectivity index (χ4v) is 2.95. The lowest BCUT2D eigenvalue weighted by Crippen LogP contribution is -2.43. The van der Waals surface area contributed by atoms with E-state index in [0.29, 0.717) is 25.9 Å². The standard InChI is InChI=1S/C21H32N2O3/c1-20(2,3)16-7-9-17(10-8-16)22-18(24)15-11-13-23(14-12-15)19(25)26-21(4,5)6/h7-10,15H,11-14H2,1-6H3,(H,22,24). The van der Waals surface area contributed by atoms with Gasteiger partial charge < -0.3 is 15.0 Å². The second-order valence-electron chi connectivity index (χ2n) is 9.06. The van der Waals surface area contributed by atoms with Crippen LogP contribution in [-0.4, -0.2) is 35.6 Å². The molecule has 0 aromatic heterocycles. The molecule has 26 heavy (non-hydrogen) atoms. The molecule has 1 N–H and O–H groups in total. The fraction of sp³-hybridized carbons (Fsp3) is 0.619. The molecular formula is C21H32N2O3. The summed E-state index contributed by atoms with van der Waals surface area (Å²) in [4.78, 5) is 26.3. The van der Waals surface area contributed by atoms with Gasteiger partial charge in [0.15, 0.2) is 0 Å². The van der Waals surface area contributed by atoms with Crippen molar-refractivity contribution in [2.45, 2.75) is 65.4 Å². The van der Waals surface area contributed by atoms with Crippen molar-refractivity contribution in [3.8, 4) is 0 Å². The number of likely N-dealkylation sites (tertiary alicyclic amines) is 1. The van der Waals surface area contributed by atoms with Crippen LogP contribution < -0.4 is 5.32 Å². The number of ether oxygens (including phenoxy) is 1. The van der Waals surface area contributed by atoms with Gasteiger partial charge in [-0.2, -0.15) is 0 Å². The van der Waals surface area contributed by atoms with Crippen LogP contribution in [0.2, 0.25) is 0 Å². The highest BCUT2D eigenvalue weighted by atomic mass is 16.6. The zero-order valence-electron chi connectivity index (χ0n) is 16.9. The SMILES string of the molecule is CC(C)(C)OC(=O)N1CCC(C(=O)Nc2ccc(C(C)(C)C)cc2)CC1. The van der Waals surface area contributed by atoms with Crippen LogP contribution in [0.3, 0.4) is 0 Å². The zero-order valence-corrected chi connectivity index (χ0v) is 16.9. The molecule has 1 aliphatic heterocycles. The number of carbonyl (C=O) groups is 2. The predicted molar refractivity (Wildman–Crippen MR) is 104 cm³/mol. The van der Waals surface area contributed by atoms with Crippen molar-refractivity contribution in [1.82, 2.24) is 4.90 Å². The van der Waals surface area contributed by atoms with Crippen LogP contribution in [0.15, 0.2) is 24.3 Å². The minimum atomic E-state index is -0.496. The molecule has 0 spiro atoms. The van der Waals surface area contributed by atoms with Gasteiger partial charge in [-0.25, -0.2) is 4.79 Å². The van der Waals surface area contributed by atoms with E-state index in [0.717, 1.165) is 5.69 Å².